The second-order valence-corrected chi connectivity index (χ2v) is 10.8. The molecule has 1 atom stereocenters. The third-order valence-corrected chi connectivity index (χ3v) is 7.76. The minimum absolute atomic E-state index is 0.336. The van der Waals surface area contributed by atoms with E-state index in [9.17, 15) is 9.59 Å². The lowest BCUT2D eigenvalue weighted by Crippen LogP contribution is -2.22. The maximum absolute atomic E-state index is 13.4. The van der Waals surface area contributed by atoms with E-state index in [1.165, 1.54) is 5.57 Å². The molecule has 5 heteroatoms. The van der Waals surface area contributed by atoms with Crippen molar-refractivity contribution in [2.45, 2.75) is 59.0 Å². The second-order valence-electron chi connectivity index (χ2n) is 10.8. The number of aromatic nitrogens is 2. The minimum atomic E-state index is -0.337. The number of carbonyl (C=O) groups is 2. The summed E-state index contributed by atoms with van der Waals surface area (Å²) in [6, 6.07) is 16.3. The summed E-state index contributed by atoms with van der Waals surface area (Å²) in [5.41, 5.74) is 5.86. The summed E-state index contributed by atoms with van der Waals surface area (Å²) >= 11 is 0. The molecule has 1 N–H and O–H groups in total. The number of rotatable bonds is 12. The summed E-state index contributed by atoms with van der Waals surface area (Å²) in [7, 11) is 0. The maximum atomic E-state index is 13.4. The van der Waals surface area contributed by atoms with Gasteiger partial charge in [-0.25, -0.2) is 0 Å². The normalized spacial score (nSPS) is 14.4. The second kappa shape index (κ2) is 11.3. The summed E-state index contributed by atoms with van der Waals surface area (Å²) in [5.74, 6) is -0.217. The van der Waals surface area contributed by atoms with Crippen molar-refractivity contribution in [3.05, 3.63) is 96.9 Å². The molecule has 0 spiro atoms. The zero-order valence-electron chi connectivity index (χ0n) is 23.0. The van der Waals surface area contributed by atoms with E-state index < -0.39 is 0 Å². The third-order valence-electron chi connectivity index (χ3n) is 7.76. The SMILES string of the molecule is C=CC(C)CCCn1cc(C2=C(c3cn(CCCCC(=C)C)c4ccccc34)C(=O)NC2=O)c2ccccc21. The molecule has 4 aromatic rings. The van der Waals surface area contributed by atoms with Crippen LogP contribution in [-0.2, 0) is 22.7 Å². The van der Waals surface area contributed by atoms with Crippen LogP contribution < -0.4 is 5.32 Å². The smallest absolute Gasteiger partial charge is 0.259 e. The molecule has 0 aliphatic carbocycles. The van der Waals surface area contributed by atoms with Crippen LogP contribution in [-0.4, -0.2) is 20.9 Å². The average molecular weight is 520 g/mol. The Kier molecular flexibility index (Phi) is 7.69. The van der Waals surface area contributed by atoms with Crippen LogP contribution in [0.15, 0.2) is 85.7 Å². The fraction of sp³-hybridized carbons (Fsp3) is 0.294. The van der Waals surface area contributed by atoms with Gasteiger partial charge in [-0.15, -0.1) is 13.2 Å². The predicted octanol–water partition coefficient (Wildman–Crippen LogP) is 7.51. The van der Waals surface area contributed by atoms with E-state index in [4.69, 9.17) is 0 Å². The highest BCUT2D eigenvalue weighted by molar-refractivity contribution is 6.50. The van der Waals surface area contributed by atoms with Crippen LogP contribution in [0.5, 0.6) is 0 Å². The first-order chi connectivity index (χ1) is 18.9. The van der Waals surface area contributed by atoms with Gasteiger partial charge < -0.3 is 9.13 Å². The van der Waals surface area contributed by atoms with Gasteiger partial charge in [0.05, 0.1) is 11.1 Å². The van der Waals surface area contributed by atoms with Gasteiger partial charge in [-0.05, 0) is 57.1 Å². The first kappa shape index (κ1) is 26.5. The Hall–Kier alpha value is -4.12. The number of nitrogens with zero attached hydrogens (tertiary/aromatic N) is 2. The van der Waals surface area contributed by atoms with E-state index in [-0.39, 0.29) is 11.8 Å². The fourth-order valence-electron chi connectivity index (χ4n) is 5.64. The molecule has 1 aliphatic rings. The number of para-hydroxylation sites is 2. The van der Waals surface area contributed by atoms with Crippen LogP contribution in [0.2, 0.25) is 0 Å². The lowest BCUT2D eigenvalue weighted by Gasteiger charge is -2.07. The first-order valence-corrected chi connectivity index (χ1v) is 13.9. The Balaban J connectivity index is 1.60. The van der Waals surface area contributed by atoms with Crippen molar-refractivity contribution in [3.63, 3.8) is 0 Å². The molecule has 5 rings (SSSR count). The average Bonchev–Trinajstić information content (AvgIpc) is 3.57. The highest BCUT2D eigenvalue weighted by atomic mass is 16.2. The van der Waals surface area contributed by atoms with Gasteiger partial charge in [0.15, 0.2) is 0 Å². The van der Waals surface area contributed by atoms with Crippen LogP contribution >= 0.6 is 0 Å². The molecule has 1 aliphatic heterocycles. The molecule has 0 saturated carbocycles. The number of unbranched alkanes of at least 4 members (excludes halogenated alkanes) is 1. The molecule has 200 valence electrons. The Labute approximate surface area is 230 Å². The quantitative estimate of drug-likeness (QED) is 0.120. The molecule has 0 bridgehead atoms. The molecule has 2 aromatic carbocycles. The Morgan fingerprint density at radius 2 is 1.36 bits per heavy atom. The molecule has 39 heavy (non-hydrogen) atoms. The number of amides is 2. The Bertz CT molecular complexity index is 1610. The predicted molar refractivity (Wildman–Crippen MR) is 161 cm³/mol. The molecule has 0 radical (unpaired) electrons. The molecular weight excluding hydrogens is 482 g/mol. The minimum Gasteiger partial charge on any atom is -0.347 e. The number of benzene rings is 2. The maximum Gasteiger partial charge on any atom is 0.259 e. The number of carbonyl (C=O) groups excluding carboxylic acids is 2. The highest BCUT2D eigenvalue weighted by Gasteiger charge is 2.35. The van der Waals surface area contributed by atoms with Gasteiger partial charge in [0.25, 0.3) is 11.8 Å². The van der Waals surface area contributed by atoms with Crippen LogP contribution in [0, 0.1) is 5.92 Å². The standard InChI is InChI=1S/C34H37N3O2/c1-5-24(4)14-12-20-37-22-28(26-16-7-9-18-30(26)37)32-31(33(38)35-34(32)39)27-21-36(19-11-10-13-23(2)3)29-17-8-6-15-25(27)29/h5-9,15-18,21-22,24H,1-2,10-14,19-20H2,3-4H3,(H,35,38,39). The summed E-state index contributed by atoms with van der Waals surface area (Å²) in [6.07, 6.45) is 11.2. The molecule has 3 heterocycles. The van der Waals surface area contributed by atoms with Crippen molar-refractivity contribution >= 4 is 44.8 Å². The van der Waals surface area contributed by atoms with Crippen LogP contribution in [0.4, 0.5) is 0 Å². The molecule has 2 aromatic heterocycles. The molecule has 0 fully saturated rings. The van der Waals surface area contributed by atoms with Crippen LogP contribution in [0.3, 0.4) is 0 Å². The van der Waals surface area contributed by atoms with E-state index in [2.05, 4.69) is 59.8 Å². The number of nitrogens with one attached hydrogen (secondary N) is 1. The molecule has 1 unspecified atom stereocenters. The zero-order valence-corrected chi connectivity index (χ0v) is 23.0. The molecule has 5 nitrogen and oxygen atoms in total. The first-order valence-electron chi connectivity index (χ1n) is 13.9. The van der Waals surface area contributed by atoms with Gasteiger partial charge in [0.2, 0.25) is 0 Å². The van der Waals surface area contributed by atoms with Gasteiger partial charge in [-0.2, -0.15) is 0 Å². The number of hydrogen-bond acceptors (Lipinski definition) is 2. The fourth-order valence-corrected chi connectivity index (χ4v) is 5.64. The Morgan fingerprint density at radius 3 is 1.87 bits per heavy atom. The van der Waals surface area contributed by atoms with Crippen molar-refractivity contribution in [1.29, 1.82) is 0 Å². The summed E-state index contributed by atoms with van der Waals surface area (Å²) in [4.78, 5) is 26.7. The Morgan fingerprint density at radius 1 is 0.846 bits per heavy atom. The van der Waals surface area contributed by atoms with Crippen molar-refractivity contribution in [2.75, 3.05) is 0 Å². The monoisotopic (exact) mass is 519 g/mol. The van der Waals surface area contributed by atoms with Crippen LogP contribution in [0.25, 0.3) is 33.0 Å². The summed E-state index contributed by atoms with van der Waals surface area (Å²) < 4.78 is 4.43. The summed E-state index contributed by atoms with van der Waals surface area (Å²) in [5, 5.41) is 4.57. The van der Waals surface area contributed by atoms with E-state index in [1.807, 2.05) is 48.7 Å². The van der Waals surface area contributed by atoms with Gasteiger partial charge in [0.1, 0.15) is 0 Å². The number of imide groups is 1. The summed E-state index contributed by atoms with van der Waals surface area (Å²) in [6.45, 7) is 13.8. The highest BCUT2D eigenvalue weighted by Crippen LogP contribution is 2.39. The number of hydrogen-bond donors (Lipinski definition) is 1. The number of aryl methyl sites for hydroxylation is 2. The largest absolute Gasteiger partial charge is 0.347 e. The zero-order chi connectivity index (χ0) is 27.5. The van der Waals surface area contributed by atoms with Crippen molar-refractivity contribution in [2.24, 2.45) is 5.92 Å². The van der Waals surface area contributed by atoms with E-state index >= 15 is 0 Å². The molecule has 0 saturated heterocycles. The van der Waals surface area contributed by atoms with E-state index in [0.29, 0.717) is 17.1 Å². The van der Waals surface area contributed by atoms with Crippen molar-refractivity contribution in [3.8, 4) is 0 Å². The van der Waals surface area contributed by atoms with E-state index in [1.54, 1.807) is 0 Å². The van der Waals surface area contributed by atoms with Gasteiger partial charge in [0, 0.05) is 58.4 Å². The van der Waals surface area contributed by atoms with Gasteiger partial charge in [-0.3, -0.25) is 14.9 Å². The lowest BCUT2D eigenvalue weighted by atomic mass is 9.95. The number of fused-ring (bicyclic) bond motifs is 2. The topological polar surface area (TPSA) is 56.0 Å². The van der Waals surface area contributed by atoms with Crippen molar-refractivity contribution < 1.29 is 9.59 Å². The van der Waals surface area contributed by atoms with Gasteiger partial charge in [-0.1, -0.05) is 55.0 Å². The van der Waals surface area contributed by atoms with Crippen molar-refractivity contribution in [1.82, 2.24) is 14.5 Å². The molecule has 2 amide bonds. The number of allylic oxidation sites excluding steroid dienone is 2. The third kappa shape index (κ3) is 5.26. The van der Waals surface area contributed by atoms with Gasteiger partial charge >= 0.3 is 0 Å². The van der Waals surface area contributed by atoms with E-state index in [0.717, 1.165) is 78.1 Å². The van der Waals surface area contributed by atoms with Crippen LogP contribution in [0.1, 0.15) is 57.1 Å². The lowest BCUT2D eigenvalue weighted by molar-refractivity contribution is -0.122. The molecular formula is C34H37N3O2.